The Kier molecular flexibility index (Phi) is 4.19. The number of hydrogen-bond donors (Lipinski definition) is 1. The molecule has 0 amide bonds. The minimum absolute atomic E-state index is 0.611. The summed E-state index contributed by atoms with van der Waals surface area (Å²) >= 11 is 0. The first-order valence-electron chi connectivity index (χ1n) is 5.91. The maximum Gasteiger partial charge on any atom is 0.0370 e. The van der Waals surface area contributed by atoms with Crippen LogP contribution < -0.4 is 5.32 Å². The molecule has 0 spiro atoms. The summed E-state index contributed by atoms with van der Waals surface area (Å²) in [6, 6.07) is 4.48. The van der Waals surface area contributed by atoms with Crippen molar-refractivity contribution in [3.05, 3.63) is 28.8 Å². The molecule has 0 radical (unpaired) electrons. The van der Waals surface area contributed by atoms with Gasteiger partial charge >= 0.3 is 0 Å². The number of hydrogen-bond acceptors (Lipinski definition) is 1. The Morgan fingerprint density at radius 3 is 2.40 bits per heavy atom. The smallest absolute Gasteiger partial charge is 0.0370 e. The molecule has 0 unspecified atom stereocenters. The van der Waals surface area contributed by atoms with E-state index in [9.17, 15) is 0 Å². The number of benzene rings is 1. The zero-order chi connectivity index (χ0) is 11.4. The third-order valence-electron chi connectivity index (χ3n) is 2.97. The summed E-state index contributed by atoms with van der Waals surface area (Å²) in [5.74, 6) is 0.611. The lowest BCUT2D eigenvalue weighted by molar-refractivity contribution is 0.813. The van der Waals surface area contributed by atoms with Crippen LogP contribution in [0.25, 0.3) is 0 Å². The number of anilines is 1. The van der Waals surface area contributed by atoms with E-state index < -0.39 is 0 Å². The number of aryl methyl sites for hydroxylation is 1. The average Bonchev–Trinajstić information content (AvgIpc) is 2.18. The molecule has 0 fully saturated rings. The van der Waals surface area contributed by atoms with Gasteiger partial charge in [0.15, 0.2) is 0 Å². The molecule has 15 heavy (non-hydrogen) atoms. The lowest BCUT2D eigenvalue weighted by atomic mass is 9.89. The molecule has 1 rings (SSSR count). The molecule has 1 aromatic rings. The first-order valence-corrected chi connectivity index (χ1v) is 5.91. The summed E-state index contributed by atoms with van der Waals surface area (Å²) in [5.41, 5.74) is 5.73. The van der Waals surface area contributed by atoms with Crippen LogP contribution in [0.3, 0.4) is 0 Å². The second kappa shape index (κ2) is 5.20. The van der Waals surface area contributed by atoms with Crippen LogP contribution in [0.4, 0.5) is 5.69 Å². The second-order valence-corrected chi connectivity index (χ2v) is 4.47. The predicted molar refractivity (Wildman–Crippen MR) is 68.8 cm³/mol. The topological polar surface area (TPSA) is 12.0 Å². The van der Waals surface area contributed by atoms with Crippen molar-refractivity contribution in [2.24, 2.45) is 0 Å². The largest absolute Gasteiger partial charge is 0.388 e. The fraction of sp³-hybridized carbons (Fsp3) is 0.571. The van der Waals surface area contributed by atoms with Crippen molar-refractivity contribution in [2.45, 2.75) is 46.5 Å². The number of rotatable bonds is 4. The summed E-state index contributed by atoms with van der Waals surface area (Å²) in [6.45, 7) is 9.02. The van der Waals surface area contributed by atoms with Crippen molar-refractivity contribution in [2.75, 3.05) is 12.4 Å². The average molecular weight is 205 g/mol. The van der Waals surface area contributed by atoms with Crippen molar-refractivity contribution in [1.82, 2.24) is 0 Å². The summed E-state index contributed by atoms with van der Waals surface area (Å²) in [4.78, 5) is 0. The highest BCUT2D eigenvalue weighted by Crippen LogP contribution is 2.29. The Morgan fingerprint density at radius 2 is 1.93 bits per heavy atom. The Hall–Kier alpha value is -0.980. The van der Waals surface area contributed by atoms with Gasteiger partial charge in [0, 0.05) is 12.7 Å². The molecule has 1 N–H and O–H groups in total. The lowest BCUT2D eigenvalue weighted by Crippen LogP contribution is -2.03. The van der Waals surface area contributed by atoms with Crippen molar-refractivity contribution >= 4 is 5.69 Å². The van der Waals surface area contributed by atoms with Crippen molar-refractivity contribution in [3.63, 3.8) is 0 Å². The van der Waals surface area contributed by atoms with Crippen LogP contribution in [0.15, 0.2) is 12.1 Å². The van der Waals surface area contributed by atoms with E-state index in [0.717, 1.165) is 0 Å². The highest BCUT2D eigenvalue weighted by Gasteiger charge is 2.11. The summed E-state index contributed by atoms with van der Waals surface area (Å²) in [6.07, 6.45) is 2.41. The predicted octanol–water partition coefficient (Wildman–Crippen LogP) is 4.11. The molecule has 0 saturated carbocycles. The highest BCUT2D eigenvalue weighted by atomic mass is 14.8. The Morgan fingerprint density at radius 1 is 1.27 bits per heavy atom. The summed E-state index contributed by atoms with van der Waals surface area (Å²) in [7, 11) is 1.99. The molecule has 0 aliphatic carbocycles. The second-order valence-electron chi connectivity index (χ2n) is 4.47. The minimum Gasteiger partial charge on any atom is -0.388 e. The van der Waals surface area contributed by atoms with Crippen LogP contribution in [-0.2, 0) is 6.42 Å². The molecular formula is C14H23N. The Balaban J connectivity index is 3.24. The normalized spacial score (nSPS) is 10.8. The highest BCUT2D eigenvalue weighted by molar-refractivity contribution is 5.57. The molecule has 0 atom stereocenters. The van der Waals surface area contributed by atoms with E-state index in [1.807, 2.05) is 7.05 Å². The van der Waals surface area contributed by atoms with Gasteiger partial charge in [0.2, 0.25) is 0 Å². The van der Waals surface area contributed by atoms with E-state index in [-0.39, 0.29) is 0 Å². The van der Waals surface area contributed by atoms with Crippen LogP contribution in [0, 0.1) is 6.92 Å². The Labute approximate surface area is 93.9 Å². The van der Waals surface area contributed by atoms with Crippen molar-refractivity contribution < 1.29 is 0 Å². The van der Waals surface area contributed by atoms with E-state index in [4.69, 9.17) is 0 Å². The minimum atomic E-state index is 0.611. The van der Waals surface area contributed by atoms with Crippen LogP contribution >= 0.6 is 0 Å². The molecule has 1 heteroatoms. The van der Waals surface area contributed by atoms with Gasteiger partial charge in [-0.15, -0.1) is 0 Å². The molecule has 0 aliphatic rings. The third-order valence-corrected chi connectivity index (χ3v) is 2.97. The van der Waals surface area contributed by atoms with Gasteiger partial charge in [-0.25, -0.2) is 0 Å². The van der Waals surface area contributed by atoms with E-state index in [2.05, 4.69) is 45.1 Å². The molecule has 1 nitrogen and oxygen atoms in total. The van der Waals surface area contributed by atoms with Gasteiger partial charge in [0.25, 0.3) is 0 Å². The quantitative estimate of drug-likeness (QED) is 0.780. The fourth-order valence-corrected chi connectivity index (χ4v) is 2.35. The zero-order valence-corrected chi connectivity index (χ0v) is 10.6. The third kappa shape index (κ3) is 2.53. The summed E-state index contributed by atoms with van der Waals surface area (Å²) in [5, 5.41) is 3.26. The van der Waals surface area contributed by atoms with Gasteiger partial charge in [0.05, 0.1) is 0 Å². The molecule has 0 heterocycles. The van der Waals surface area contributed by atoms with Crippen LogP contribution in [-0.4, -0.2) is 7.05 Å². The van der Waals surface area contributed by atoms with Crippen molar-refractivity contribution in [1.29, 1.82) is 0 Å². The van der Waals surface area contributed by atoms with E-state index >= 15 is 0 Å². The number of nitrogens with one attached hydrogen (secondary N) is 1. The van der Waals surface area contributed by atoms with E-state index in [0.29, 0.717) is 5.92 Å². The maximum absolute atomic E-state index is 3.26. The zero-order valence-electron chi connectivity index (χ0n) is 10.6. The monoisotopic (exact) mass is 205 g/mol. The molecular weight excluding hydrogens is 182 g/mol. The van der Waals surface area contributed by atoms with Gasteiger partial charge in [-0.3, -0.25) is 0 Å². The standard InChI is InChI=1S/C14H23N/c1-6-7-12-8-9-13(15-5)11(4)14(12)10(2)3/h8-10,15H,6-7H2,1-5H3. The Bertz CT molecular complexity index is 326. The fourth-order valence-electron chi connectivity index (χ4n) is 2.35. The molecule has 0 aliphatic heterocycles. The molecule has 1 aromatic carbocycles. The van der Waals surface area contributed by atoms with E-state index in [1.54, 1.807) is 0 Å². The van der Waals surface area contributed by atoms with Gasteiger partial charge in [-0.2, -0.15) is 0 Å². The molecule has 84 valence electrons. The van der Waals surface area contributed by atoms with Gasteiger partial charge in [0.1, 0.15) is 0 Å². The van der Waals surface area contributed by atoms with Gasteiger partial charge in [-0.05, 0) is 42.0 Å². The SMILES string of the molecule is CCCc1ccc(NC)c(C)c1C(C)C. The first-order chi connectivity index (χ1) is 7.11. The van der Waals surface area contributed by atoms with Crippen LogP contribution in [0.2, 0.25) is 0 Å². The molecule has 0 bridgehead atoms. The summed E-state index contributed by atoms with van der Waals surface area (Å²) < 4.78 is 0. The van der Waals surface area contributed by atoms with Crippen molar-refractivity contribution in [3.8, 4) is 0 Å². The maximum atomic E-state index is 3.26. The lowest BCUT2D eigenvalue weighted by Gasteiger charge is -2.18. The molecule has 0 aromatic heterocycles. The van der Waals surface area contributed by atoms with Crippen LogP contribution in [0.1, 0.15) is 49.8 Å². The van der Waals surface area contributed by atoms with Gasteiger partial charge < -0.3 is 5.32 Å². The van der Waals surface area contributed by atoms with Crippen LogP contribution in [0.5, 0.6) is 0 Å². The van der Waals surface area contributed by atoms with E-state index in [1.165, 1.54) is 35.2 Å². The van der Waals surface area contributed by atoms with Gasteiger partial charge in [-0.1, -0.05) is 33.3 Å². The molecule has 0 saturated heterocycles. The first kappa shape index (κ1) is 12.1.